The highest BCUT2D eigenvalue weighted by molar-refractivity contribution is 6.05. The number of nitrogens with one attached hydrogen (secondary N) is 1. The molecule has 3 aromatic carbocycles. The van der Waals surface area contributed by atoms with Gasteiger partial charge in [-0.3, -0.25) is 4.79 Å². The van der Waals surface area contributed by atoms with Gasteiger partial charge in [-0.25, -0.2) is 4.98 Å². The molecule has 0 fully saturated rings. The lowest BCUT2D eigenvalue weighted by molar-refractivity contribution is 0.102. The number of carbonyl (C=O) groups is 1. The minimum atomic E-state index is -0.319. The van der Waals surface area contributed by atoms with Crippen LogP contribution in [0.4, 0.5) is 5.69 Å². The number of carbonyl (C=O) groups excluding carboxylic acids is 1. The lowest BCUT2D eigenvalue weighted by atomic mass is 9.87. The van der Waals surface area contributed by atoms with Crippen LogP contribution in [0.5, 0.6) is 17.2 Å². The summed E-state index contributed by atoms with van der Waals surface area (Å²) in [6.07, 6.45) is 0. The van der Waals surface area contributed by atoms with Gasteiger partial charge >= 0.3 is 0 Å². The molecular weight excluding hydrogens is 432 g/mol. The van der Waals surface area contributed by atoms with Gasteiger partial charge in [0.2, 0.25) is 11.6 Å². The van der Waals surface area contributed by atoms with Crippen molar-refractivity contribution in [1.82, 2.24) is 4.98 Å². The third kappa shape index (κ3) is 4.55. The molecule has 0 saturated carbocycles. The first-order valence-corrected chi connectivity index (χ1v) is 10.9. The van der Waals surface area contributed by atoms with E-state index in [4.69, 9.17) is 18.6 Å². The molecule has 176 valence electrons. The fraction of sp³-hybridized carbons (Fsp3) is 0.259. The van der Waals surface area contributed by atoms with Crippen LogP contribution >= 0.6 is 0 Å². The number of oxazole rings is 1. The van der Waals surface area contributed by atoms with Gasteiger partial charge in [0, 0.05) is 16.8 Å². The van der Waals surface area contributed by atoms with E-state index in [1.54, 1.807) is 30.3 Å². The molecule has 1 aromatic heterocycles. The number of hydrogen-bond donors (Lipinski definition) is 1. The first kappa shape index (κ1) is 23.2. The molecule has 0 radical (unpaired) electrons. The van der Waals surface area contributed by atoms with Crippen molar-refractivity contribution >= 4 is 22.7 Å². The van der Waals surface area contributed by atoms with E-state index in [0.29, 0.717) is 45.5 Å². The molecule has 0 aliphatic heterocycles. The highest BCUT2D eigenvalue weighted by Crippen LogP contribution is 2.38. The molecule has 0 aliphatic carbocycles. The van der Waals surface area contributed by atoms with Crippen molar-refractivity contribution in [2.45, 2.75) is 26.2 Å². The predicted octanol–water partition coefficient (Wildman–Crippen LogP) is 6.07. The molecule has 4 rings (SSSR count). The number of ether oxygens (including phenoxy) is 3. The Bertz CT molecular complexity index is 1310. The Hall–Kier alpha value is -4.00. The van der Waals surface area contributed by atoms with Crippen LogP contribution in [0.2, 0.25) is 0 Å². The molecule has 0 aliphatic rings. The van der Waals surface area contributed by atoms with Crippen LogP contribution in [-0.4, -0.2) is 32.2 Å². The Balaban J connectivity index is 1.59. The average Bonchev–Trinajstić information content (AvgIpc) is 3.26. The SMILES string of the molecule is COc1cc(C(=O)Nc2ccc3oc(-c4ccc(C(C)(C)C)cc4)nc3c2)cc(OC)c1OC. The average molecular weight is 461 g/mol. The normalized spacial score (nSPS) is 11.4. The van der Waals surface area contributed by atoms with Gasteiger partial charge in [-0.05, 0) is 53.4 Å². The van der Waals surface area contributed by atoms with E-state index >= 15 is 0 Å². The summed E-state index contributed by atoms with van der Waals surface area (Å²) in [4.78, 5) is 17.5. The van der Waals surface area contributed by atoms with Crippen LogP contribution < -0.4 is 19.5 Å². The van der Waals surface area contributed by atoms with Gasteiger partial charge < -0.3 is 23.9 Å². The molecule has 4 aromatic rings. The summed E-state index contributed by atoms with van der Waals surface area (Å²) in [6.45, 7) is 6.53. The third-order valence-electron chi connectivity index (χ3n) is 5.57. The maximum absolute atomic E-state index is 12.9. The number of benzene rings is 3. The van der Waals surface area contributed by atoms with Gasteiger partial charge in [0.1, 0.15) is 5.52 Å². The van der Waals surface area contributed by atoms with Crippen LogP contribution in [0.25, 0.3) is 22.6 Å². The summed E-state index contributed by atoms with van der Waals surface area (Å²) in [5.74, 6) is 1.44. The van der Waals surface area contributed by atoms with E-state index in [-0.39, 0.29) is 11.3 Å². The molecular formula is C27H28N2O5. The van der Waals surface area contributed by atoms with Gasteiger partial charge in [0.05, 0.1) is 21.3 Å². The minimum absolute atomic E-state index is 0.0743. The standard InChI is InChI=1S/C27H28N2O5/c1-27(2,3)18-9-7-16(8-10-18)26-29-20-15-19(11-12-21(20)34-26)28-25(30)17-13-22(31-4)24(33-6)23(14-17)32-5/h7-15H,1-6H3,(H,28,30). The Morgan fingerprint density at radius 1 is 0.882 bits per heavy atom. The second-order valence-electron chi connectivity index (χ2n) is 8.90. The summed E-state index contributed by atoms with van der Waals surface area (Å²) >= 11 is 0. The quantitative estimate of drug-likeness (QED) is 0.376. The van der Waals surface area contributed by atoms with Crippen molar-refractivity contribution < 1.29 is 23.4 Å². The van der Waals surface area contributed by atoms with Crippen molar-refractivity contribution in [1.29, 1.82) is 0 Å². The molecule has 1 N–H and O–H groups in total. The number of hydrogen-bond acceptors (Lipinski definition) is 6. The van der Waals surface area contributed by atoms with E-state index in [1.807, 2.05) is 12.1 Å². The molecule has 7 heteroatoms. The Kier molecular flexibility index (Phi) is 6.20. The molecule has 0 spiro atoms. The third-order valence-corrected chi connectivity index (χ3v) is 5.57. The maximum Gasteiger partial charge on any atom is 0.255 e. The molecule has 0 bridgehead atoms. The van der Waals surface area contributed by atoms with Crippen LogP contribution in [0.3, 0.4) is 0 Å². The molecule has 1 heterocycles. The fourth-order valence-electron chi connectivity index (χ4n) is 3.66. The van der Waals surface area contributed by atoms with E-state index in [9.17, 15) is 4.79 Å². The van der Waals surface area contributed by atoms with Gasteiger partial charge in [-0.15, -0.1) is 0 Å². The number of amides is 1. The predicted molar refractivity (Wildman–Crippen MR) is 132 cm³/mol. The number of nitrogens with zero attached hydrogens (tertiary/aromatic N) is 1. The zero-order chi connectivity index (χ0) is 24.5. The van der Waals surface area contributed by atoms with Gasteiger partial charge in [0.25, 0.3) is 5.91 Å². The summed E-state index contributed by atoms with van der Waals surface area (Å²) in [7, 11) is 4.53. The smallest absolute Gasteiger partial charge is 0.255 e. The van der Waals surface area contributed by atoms with Gasteiger partial charge in [-0.1, -0.05) is 32.9 Å². The monoisotopic (exact) mass is 460 g/mol. The second-order valence-corrected chi connectivity index (χ2v) is 8.90. The van der Waals surface area contributed by atoms with Crippen LogP contribution in [0.15, 0.2) is 59.0 Å². The first-order chi connectivity index (χ1) is 16.2. The highest BCUT2D eigenvalue weighted by atomic mass is 16.5. The van der Waals surface area contributed by atoms with E-state index in [1.165, 1.54) is 26.9 Å². The molecule has 0 unspecified atom stereocenters. The Morgan fingerprint density at radius 2 is 1.53 bits per heavy atom. The van der Waals surface area contributed by atoms with E-state index in [0.717, 1.165) is 5.56 Å². The summed E-state index contributed by atoms with van der Waals surface area (Å²) in [5, 5.41) is 2.89. The zero-order valence-electron chi connectivity index (χ0n) is 20.2. The maximum atomic E-state index is 12.9. The molecule has 0 atom stereocenters. The number of methoxy groups -OCH3 is 3. The number of anilines is 1. The van der Waals surface area contributed by atoms with E-state index < -0.39 is 0 Å². The van der Waals surface area contributed by atoms with Crippen LogP contribution in [0, 0.1) is 0 Å². The number of fused-ring (bicyclic) bond motifs is 1. The second kappa shape index (κ2) is 9.09. The fourth-order valence-corrected chi connectivity index (χ4v) is 3.66. The Labute approximate surface area is 198 Å². The number of rotatable bonds is 6. The van der Waals surface area contributed by atoms with Gasteiger partial charge in [-0.2, -0.15) is 0 Å². The minimum Gasteiger partial charge on any atom is -0.493 e. The van der Waals surface area contributed by atoms with E-state index in [2.05, 4.69) is 43.2 Å². The molecule has 34 heavy (non-hydrogen) atoms. The van der Waals surface area contributed by atoms with Crippen molar-refractivity contribution in [3.63, 3.8) is 0 Å². The highest BCUT2D eigenvalue weighted by Gasteiger charge is 2.18. The van der Waals surface area contributed by atoms with Crippen molar-refractivity contribution in [3.05, 3.63) is 65.7 Å². The van der Waals surface area contributed by atoms with Crippen molar-refractivity contribution in [2.24, 2.45) is 0 Å². The lowest BCUT2D eigenvalue weighted by Gasteiger charge is -2.18. The van der Waals surface area contributed by atoms with Crippen LogP contribution in [-0.2, 0) is 5.41 Å². The van der Waals surface area contributed by atoms with Crippen molar-refractivity contribution in [2.75, 3.05) is 26.6 Å². The summed E-state index contributed by atoms with van der Waals surface area (Å²) < 4.78 is 21.9. The lowest BCUT2D eigenvalue weighted by Crippen LogP contribution is -2.12. The van der Waals surface area contributed by atoms with Crippen LogP contribution in [0.1, 0.15) is 36.7 Å². The van der Waals surface area contributed by atoms with Crippen molar-refractivity contribution in [3.8, 4) is 28.7 Å². The summed E-state index contributed by atoms with van der Waals surface area (Å²) in [5.41, 5.74) is 4.46. The zero-order valence-corrected chi connectivity index (χ0v) is 20.2. The molecule has 1 amide bonds. The van der Waals surface area contributed by atoms with Gasteiger partial charge in [0.15, 0.2) is 17.1 Å². The number of aromatic nitrogens is 1. The summed E-state index contributed by atoms with van der Waals surface area (Å²) in [6, 6.07) is 16.8. The Morgan fingerprint density at radius 3 is 2.09 bits per heavy atom. The molecule has 0 saturated heterocycles. The first-order valence-electron chi connectivity index (χ1n) is 10.9. The molecule has 7 nitrogen and oxygen atoms in total. The largest absolute Gasteiger partial charge is 0.493 e. The topological polar surface area (TPSA) is 82.8 Å².